The Balaban J connectivity index is 2.13. The van der Waals surface area contributed by atoms with Crippen LogP contribution in [0, 0.1) is 5.92 Å². The summed E-state index contributed by atoms with van der Waals surface area (Å²) in [5.41, 5.74) is 2.34. The molecular formula is C14H14O4. The lowest BCUT2D eigenvalue weighted by Gasteiger charge is -2.18. The molecular weight excluding hydrogens is 232 g/mol. The third kappa shape index (κ3) is 2.59. The van der Waals surface area contributed by atoms with Gasteiger partial charge >= 0.3 is 11.9 Å². The molecule has 0 bridgehead atoms. The van der Waals surface area contributed by atoms with Gasteiger partial charge in [0.15, 0.2) is 0 Å². The summed E-state index contributed by atoms with van der Waals surface area (Å²) in [6, 6.07) is 6.69. The number of allylic oxidation sites excluding steroid dienone is 2. The monoisotopic (exact) mass is 246 g/mol. The first-order chi connectivity index (χ1) is 8.58. The van der Waals surface area contributed by atoms with E-state index in [1.807, 2.05) is 6.08 Å². The highest BCUT2D eigenvalue weighted by atomic mass is 16.4. The van der Waals surface area contributed by atoms with Gasteiger partial charge in [0.1, 0.15) is 0 Å². The standard InChI is InChI=1S/C14H14O4/c15-13(16)11-5-1-9(2-6-11)10-3-7-12(8-4-10)14(17)18/h1-3,5-6,12H,4,7-8H2,(H,15,16)(H,17,18). The lowest BCUT2D eigenvalue weighted by Crippen LogP contribution is -2.15. The van der Waals surface area contributed by atoms with Crippen LogP contribution in [0.5, 0.6) is 0 Å². The molecule has 0 spiro atoms. The maximum Gasteiger partial charge on any atom is 0.335 e. The van der Waals surface area contributed by atoms with E-state index in [-0.39, 0.29) is 11.5 Å². The lowest BCUT2D eigenvalue weighted by atomic mass is 9.86. The Hall–Kier alpha value is -2.10. The molecule has 18 heavy (non-hydrogen) atoms. The van der Waals surface area contributed by atoms with E-state index in [9.17, 15) is 9.59 Å². The van der Waals surface area contributed by atoms with Crippen molar-refractivity contribution in [1.29, 1.82) is 0 Å². The number of hydrogen-bond donors (Lipinski definition) is 2. The molecule has 2 rings (SSSR count). The molecule has 0 saturated carbocycles. The molecule has 94 valence electrons. The van der Waals surface area contributed by atoms with Gasteiger partial charge in [0.2, 0.25) is 0 Å². The van der Waals surface area contributed by atoms with Crippen molar-refractivity contribution < 1.29 is 19.8 Å². The van der Waals surface area contributed by atoms with Crippen LogP contribution in [0.1, 0.15) is 35.2 Å². The van der Waals surface area contributed by atoms with Crippen LogP contribution in [0.3, 0.4) is 0 Å². The van der Waals surface area contributed by atoms with Crippen LogP contribution in [0.2, 0.25) is 0 Å². The van der Waals surface area contributed by atoms with Crippen molar-refractivity contribution in [2.45, 2.75) is 19.3 Å². The highest BCUT2D eigenvalue weighted by Gasteiger charge is 2.21. The normalized spacial score (nSPS) is 19.1. The Morgan fingerprint density at radius 2 is 1.78 bits per heavy atom. The molecule has 4 nitrogen and oxygen atoms in total. The molecule has 2 N–H and O–H groups in total. The Morgan fingerprint density at radius 3 is 2.22 bits per heavy atom. The molecule has 0 aromatic heterocycles. The van der Waals surface area contributed by atoms with Gasteiger partial charge in [-0.25, -0.2) is 4.79 Å². The van der Waals surface area contributed by atoms with Gasteiger partial charge in [-0.1, -0.05) is 18.2 Å². The van der Waals surface area contributed by atoms with E-state index in [0.717, 1.165) is 17.6 Å². The first-order valence-corrected chi connectivity index (χ1v) is 5.83. The molecule has 1 aliphatic rings. The third-order valence-electron chi connectivity index (χ3n) is 3.26. The SMILES string of the molecule is O=C(O)c1ccc(C2=CCC(C(=O)O)CC2)cc1. The van der Waals surface area contributed by atoms with Crippen molar-refractivity contribution in [3.8, 4) is 0 Å². The molecule has 0 amide bonds. The van der Waals surface area contributed by atoms with Crippen molar-refractivity contribution in [3.05, 3.63) is 41.5 Å². The first kappa shape index (κ1) is 12.4. The molecule has 1 atom stereocenters. The average molecular weight is 246 g/mol. The fourth-order valence-corrected chi connectivity index (χ4v) is 2.15. The molecule has 0 fully saturated rings. The van der Waals surface area contributed by atoms with Crippen molar-refractivity contribution in [3.63, 3.8) is 0 Å². The minimum absolute atomic E-state index is 0.263. The number of rotatable bonds is 3. The fourth-order valence-electron chi connectivity index (χ4n) is 2.15. The van der Waals surface area contributed by atoms with Gasteiger partial charge in [-0.2, -0.15) is 0 Å². The van der Waals surface area contributed by atoms with E-state index in [4.69, 9.17) is 10.2 Å². The number of aromatic carboxylic acids is 1. The molecule has 1 aromatic carbocycles. The van der Waals surface area contributed by atoms with Crippen molar-refractivity contribution in [1.82, 2.24) is 0 Å². The first-order valence-electron chi connectivity index (χ1n) is 5.83. The van der Waals surface area contributed by atoms with Gasteiger partial charge in [-0.05, 0) is 42.5 Å². The Morgan fingerprint density at radius 1 is 1.11 bits per heavy atom. The smallest absolute Gasteiger partial charge is 0.335 e. The molecule has 0 saturated heterocycles. The van der Waals surface area contributed by atoms with Gasteiger partial charge in [-0.15, -0.1) is 0 Å². The van der Waals surface area contributed by atoms with E-state index in [1.165, 1.54) is 0 Å². The van der Waals surface area contributed by atoms with Gasteiger partial charge in [0.05, 0.1) is 11.5 Å². The van der Waals surface area contributed by atoms with Crippen LogP contribution >= 0.6 is 0 Å². The quantitative estimate of drug-likeness (QED) is 0.859. The largest absolute Gasteiger partial charge is 0.481 e. The number of carboxylic acids is 2. The second-order valence-electron chi connectivity index (χ2n) is 4.42. The topological polar surface area (TPSA) is 74.6 Å². The highest BCUT2D eigenvalue weighted by molar-refractivity contribution is 5.88. The zero-order valence-corrected chi connectivity index (χ0v) is 9.80. The number of hydrogen-bond acceptors (Lipinski definition) is 2. The number of aliphatic carboxylic acids is 1. The van der Waals surface area contributed by atoms with Crippen LogP contribution in [0.15, 0.2) is 30.3 Å². The summed E-state index contributed by atoms with van der Waals surface area (Å²) in [6.45, 7) is 0. The molecule has 4 heteroatoms. The molecule has 0 aliphatic heterocycles. The van der Waals surface area contributed by atoms with Crippen molar-refractivity contribution in [2.75, 3.05) is 0 Å². The number of benzene rings is 1. The van der Waals surface area contributed by atoms with Gasteiger partial charge < -0.3 is 10.2 Å². The van der Waals surface area contributed by atoms with Crippen LogP contribution < -0.4 is 0 Å². The van der Waals surface area contributed by atoms with Crippen molar-refractivity contribution in [2.24, 2.45) is 5.92 Å². The molecule has 0 heterocycles. The van der Waals surface area contributed by atoms with Crippen LogP contribution in [-0.4, -0.2) is 22.2 Å². The van der Waals surface area contributed by atoms with E-state index in [0.29, 0.717) is 12.8 Å². The van der Waals surface area contributed by atoms with E-state index in [2.05, 4.69) is 0 Å². The maximum absolute atomic E-state index is 10.8. The predicted octanol–water partition coefficient (Wildman–Crippen LogP) is 2.65. The van der Waals surface area contributed by atoms with Crippen LogP contribution in [0.25, 0.3) is 5.57 Å². The van der Waals surface area contributed by atoms with E-state index < -0.39 is 11.9 Å². The second kappa shape index (κ2) is 5.04. The van der Waals surface area contributed by atoms with E-state index in [1.54, 1.807) is 24.3 Å². The van der Waals surface area contributed by atoms with Crippen LogP contribution in [0.4, 0.5) is 0 Å². The van der Waals surface area contributed by atoms with Gasteiger partial charge in [-0.3, -0.25) is 4.79 Å². The van der Waals surface area contributed by atoms with Crippen molar-refractivity contribution >= 4 is 17.5 Å². The minimum atomic E-state index is -0.940. The van der Waals surface area contributed by atoms with Gasteiger partial charge in [0, 0.05) is 0 Å². The predicted molar refractivity (Wildman–Crippen MR) is 66.4 cm³/mol. The molecule has 1 aromatic rings. The van der Waals surface area contributed by atoms with Gasteiger partial charge in [0.25, 0.3) is 0 Å². The van der Waals surface area contributed by atoms with E-state index >= 15 is 0 Å². The lowest BCUT2D eigenvalue weighted by molar-refractivity contribution is -0.141. The summed E-state index contributed by atoms with van der Waals surface area (Å²) in [5, 5.41) is 17.7. The average Bonchev–Trinajstić information content (AvgIpc) is 2.39. The summed E-state index contributed by atoms with van der Waals surface area (Å²) < 4.78 is 0. The summed E-state index contributed by atoms with van der Waals surface area (Å²) in [4.78, 5) is 21.5. The zero-order valence-electron chi connectivity index (χ0n) is 9.80. The second-order valence-corrected chi connectivity index (χ2v) is 4.42. The summed E-state index contributed by atoms with van der Waals surface area (Å²) in [6.07, 6.45) is 3.86. The van der Waals surface area contributed by atoms with Crippen LogP contribution in [-0.2, 0) is 4.79 Å². The zero-order chi connectivity index (χ0) is 13.1. The molecule has 1 unspecified atom stereocenters. The summed E-state index contributed by atoms with van der Waals surface area (Å²) in [7, 11) is 0. The Kier molecular flexibility index (Phi) is 3.46. The Bertz CT molecular complexity index is 499. The molecule has 0 radical (unpaired) electrons. The minimum Gasteiger partial charge on any atom is -0.481 e. The number of carboxylic acid groups (broad SMARTS) is 2. The molecule has 1 aliphatic carbocycles. The Labute approximate surface area is 105 Å². The fraction of sp³-hybridized carbons (Fsp3) is 0.286. The summed E-state index contributed by atoms with van der Waals surface area (Å²) in [5.74, 6) is -1.97. The highest BCUT2D eigenvalue weighted by Crippen LogP contribution is 2.30. The summed E-state index contributed by atoms with van der Waals surface area (Å²) >= 11 is 0. The number of carbonyl (C=O) groups is 2. The third-order valence-corrected chi connectivity index (χ3v) is 3.26. The maximum atomic E-state index is 10.8.